The molecule has 0 saturated heterocycles. The average molecular weight is 478 g/mol. The number of nitrogens with zero attached hydrogens (tertiary/aromatic N) is 1. The van der Waals surface area contributed by atoms with Gasteiger partial charge in [-0.3, -0.25) is 4.79 Å². The number of anilines is 1. The van der Waals surface area contributed by atoms with Crippen LogP contribution in [0.2, 0.25) is 0 Å². The van der Waals surface area contributed by atoms with Crippen LogP contribution in [-0.2, 0) is 19.4 Å². The Labute approximate surface area is 177 Å². The number of guanidine groups is 1. The summed E-state index contributed by atoms with van der Waals surface area (Å²) in [5.74, 6) is 0.327. The Morgan fingerprint density at radius 3 is 2.74 bits per heavy atom. The first-order chi connectivity index (χ1) is 12.7. The van der Waals surface area contributed by atoms with Crippen LogP contribution in [0.5, 0.6) is 0 Å². The topological polar surface area (TPSA) is 79.5 Å². The SMILES string of the molecule is CCNC(=O)c1cccc(CN=C(N)Nc2cccc3c2CCCC3)c1.I. The summed E-state index contributed by atoms with van der Waals surface area (Å²) < 4.78 is 0. The molecule has 0 bridgehead atoms. The fourth-order valence-corrected chi connectivity index (χ4v) is 3.33. The summed E-state index contributed by atoms with van der Waals surface area (Å²) in [6.45, 7) is 2.95. The maximum Gasteiger partial charge on any atom is 0.251 e. The fourth-order valence-electron chi connectivity index (χ4n) is 3.33. The normalized spacial score (nSPS) is 13.3. The lowest BCUT2D eigenvalue weighted by Crippen LogP contribution is -2.24. The molecule has 0 atom stereocenters. The predicted molar refractivity (Wildman–Crippen MR) is 122 cm³/mol. The molecule has 0 aliphatic heterocycles. The summed E-state index contributed by atoms with van der Waals surface area (Å²) in [6, 6.07) is 13.8. The maximum atomic E-state index is 11.9. The van der Waals surface area contributed by atoms with Crippen LogP contribution in [0.4, 0.5) is 5.69 Å². The van der Waals surface area contributed by atoms with E-state index < -0.39 is 0 Å². The molecular formula is C21H27IN4O. The van der Waals surface area contributed by atoms with Gasteiger partial charge in [-0.15, -0.1) is 24.0 Å². The van der Waals surface area contributed by atoms with E-state index in [1.807, 2.05) is 25.1 Å². The number of amides is 1. The number of benzene rings is 2. The number of carbonyl (C=O) groups is 1. The van der Waals surface area contributed by atoms with Crippen molar-refractivity contribution < 1.29 is 4.79 Å². The lowest BCUT2D eigenvalue weighted by atomic mass is 9.90. The van der Waals surface area contributed by atoms with Gasteiger partial charge in [0.15, 0.2) is 5.96 Å². The second-order valence-electron chi connectivity index (χ2n) is 6.54. The highest BCUT2D eigenvalue weighted by atomic mass is 127. The van der Waals surface area contributed by atoms with E-state index in [0.717, 1.165) is 24.1 Å². The number of carbonyl (C=O) groups excluding carboxylic acids is 1. The van der Waals surface area contributed by atoms with Crippen molar-refractivity contribution in [2.75, 3.05) is 11.9 Å². The highest BCUT2D eigenvalue weighted by molar-refractivity contribution is 14.0. The molecule has 4 N–H and O–H groups in total. The molecule has 1 aliphatic carbocycles. The largest absolute Gasteiger partial charge is 0.370 e. The van der Waals surface area contributed by atoms with E-state index in [4.69, 9.17) is 5.73 Å². The minimum absolute atomic E-state index is 0. The number of nitrogens with one attached hydrogen (secondary N) is 2. The Morgan fingerprint density at radius 1 is 1.15 bits per heavy atom. The van der Waals surface area contributed by atoms with Crippen molar-refractivity contribution in [3.63, 3.8) is 0 Å². The van der Waals surface area contributed by atoms with Gasteiger partial charge in [-0.25, -0.2) is 4.99 Å². The Balaban J connectivity index is 0.00000261. The minimum atomic E-state index is -0.0691. The van der Waals surface area contributed by atoms with Gasteiger partial charge in [0.1, 0.15) is 0 Å². The van der Waals surface area contributed by atoms with Crippen LogP contribution in [0, 0.1) is 0 Å². The predicted octanol–water partition coefficient (Wildman–Crippen LogP) is 3.86. The Morgan fingerprint density at radius 2 is 1.93 bits per heavy atom. The summed E-state index contributed by atoms with van der Waals surface area (Å²) in [4.78, 5) is 16.4. The van der Waals surface area contributed by atoms with E-state index in [1.54, 1.807) is 6.07 Å². The van der Waals surface area contributed by atoms with Crippen molar-refractivity contribution in [2.24, 2.45) is 10.7 Å². The summed E-state index contributed by atoms with van der Waals surface area (Å²) in [5.41, 5.74) is 11.5. The Bertz CT molecular complexity index is 820. The molecular weight excluding hydrogens is 451 g/mol. The second-order valence-corrected chi connectivity index (χ2v) is 6.54. The van der Waals surface area contributed by atoms with Crippen LogP contribution in [-0.4, -0.2) is 18.4 Å². The van der Waals surface area contributed by atoms with Gasteiger partial charge < -0.3 is 16.4 Å². The molecule has 0 spiro atoms. The van der Waals surface area contributed by atoms with Gasteiger partial charge >= 0.3 is 0 Å². The zero-order chi connectivity index (χ0) is 18.4. The van der Waals surface area contributed by atoms with Gasteiger partial charge in [0.05, 0.1) is 6.54 Å². The third-order valence-electron chi connectivity index (χ3n) is 4.62. The molecule has 1 aliphatic rings. The third-order valence-corrected chi connectivity index (χ3v) is 4.62. The van der Waals surface area contributed by atoms with Crippen molar-refractivity contribution in [2.45, 2.75) is 39.2 Å². The zero-order valence-electron chi connectivity index (χ0n) is 15.6. The Hall–Kier alpha value is -2.09. The smallest absolute Gasteiger partial charge is 0.251 e. The molecule has 5 nitrogen and oxygen atoms in total. The first kappa shape index (κ1) is 21.2. The van der Waals surface area contributed by atoms with Crippen LogP contribution in [0.15, 0.2) is 47.5 Å². The van der Waals surface area contributed by atoms with Gasteiger partial charge in [-0.2, -0.15) is 0 Å². The van der Waals surface area contributed by atoms with Gasteiger partial charge in [0, 0.05) is 17.8 Å². The second kappa shape index (κ2) is 10.3. The number of nitrogens with two attached hydrogens (primary N) is 1. The zero-order valence-corrected chi connectivity index (χ0v) is 18.0. The molecule has 27 heavy (non-hydrogen) atoms. The number of aryl methyl sites for hydroxylation is 1. The van der Waals surface area contributed by atoms with Crippen LogP contribution >= 0.6 is 24.0 Å². The van der Waals surface area contributed by atoms with E-state index in [0.29, 0.717) is 24.6 Å². The summed E-state index contributed by atoms with van der Waals surface area (Å²) >= 11 is 0. The van der Waals surface area contributed by atoms with E-state index in [1.165, 1.54) is 24.0 Å². The molecule has 0 unspecified atom stereocenters. The first-order valence-electron chi connectivity index (χ1n) is 9.22. The molecule has 2 aromatic rings. The number of halogens is 1. The van der Waals surface area contributed by atoms with Gasteiger partial charge in [-0.1, -0.05) is 24.3 Å². The van der Waals surface area contributed by atoms with Gasteiger partial charge in [0.25, 0.3) is 5.91 Å². The molecule has 6 heteroatoms. The molecule has 0 radical (unpaired) electrons. The highest BCUT2D eigenvalue weighted by Crippen LogP contribution is 2.27. The van der Waals surface area contributed by atoms with Crippen molar-refractivity contribution >= 4 is 41.5 Å². The van der Waals surface area contributed by atoms with Crippen LogP contribution in [0.25, 0.3) is 0 Å². The number of fused-ring (bicyclic) bond motifs is 1. The monoisotopic (exact) mass is 478 g/mol. The third kappa shape index (κ3) is 5.69. The van der Waals surface area contributed by atoms with Crippen LogP contribution < -0.4 is 16.4 Å². The van der Waals surface area contributed by atoms with Gasteiger partial charge in [-0.05, 0) is 67.5 Å². The maximum absolute atomic E-state index is 11.9. The van der Waals surface area contributed by atoms with Crippen molar-refractivity contribution in [3.8, 4) is 0 Å². The number of aliphatic imine (C=N–C) groups is 1. The van der Waals surface area contributed by atoms with E-state index in [9.17, 15) is 4.79 Å². The molecule has 0 heterocycles. The highest BCUT2D eigenvalue weighted by Gasteiger charge is 2.13. The summed E-state index contributed by atoms with van der Waals surface area (Å²) in [6.07, 6.45) is 4.69. The Kier molecular flexibility index (Phi) is 8.09. The minimum Gasteiger partial charge on any atom is -0.370 e. The molecule has 3 rings (SSSR count). The van der Waals surface area contributed by atoms with E-state index in [2.05, 4.69) is 33.8 Å². The van der Waals surface area contributed by atoms with Crippen molar-refractivity contribution in [1.29, 1.82) is 0 Å². The lowest BCUT2D eigenvalue weighted by Gasteiger charge is -2.19. The molecule has 1 amide bonds. The van der Waals surface area contributed by atoms with Crippen LogP contribution in [0.3, 0.4) is 0 Å². The average Bonchev–Trinajstić information content (AvgIpc) is 2.67. The standard InChI is InChI=1S/C21H26N4O.HI/c1-2-23-20(26)17-10-5-7-15(13-17)14-24-21(22)25-19-12-6-9-16-8-3-4-11-18(16)19;/h5-7,9-10,12-13H,2-4,8,11,14H2,1H3,(H,23,26)(H3,22,24,25);1H. The van der Waals surface area contributed by atoms with Crippen molar-refractivity contribution in [3.05, 3.63) is 64.7 Å². The summed E-state index contributed by atoms with van der Waals surface area (Å²) in [5, 5.41) is 6.05. The number of hydrogen-bond acceptors (Lipinski definition) is 2. The molecule has 0 aromatic heterocycles. The molecule has 2 aromatic carbocycles. The van der Waals surface area contributed by atoms with E-state index >= 15 is 0 Å². The first-order valence-corrected chi connectivity index (χ1v) is 9.22. The van der Waals surface area contributed by atoms with Gasteiger partial charge in [0.2, 0.25) is 0 Å². The van der Waals surface area contributed by atoms with Crippen LogP contribution in [0.1, 0.15) is 46.8 Å². The molecule has 0 saturated carbocycles. The number of hydrogen-bond donors (Lipinski definition) is 3. The van der Waals surface area contributed by atoms with Crippen molar-refractivity contribution in [1.82, 2.24) is 5.32 Å². The molecule has 0 fully saturated rings. The fraction of sp³-hybridized carbons (Fsp3) is 0.333. The lowest BCUT2D eigenvalue weighted by molar-refractivity contribution is 0.0955. The summed E-state index contributed by atoms with van der Waals surface area (Å²) in [7, 11) is 0. The number of rotatable bonds is 5. The molecule has 144 valence electrons. The quantitative estimate of drug-likeness (QED) is 0.347. The van der Waals surface area contributed by atoms with E-state index in [-0.39, 0.29) is 29.9 Å².